The Balaban J connectivity index is 1.96. The zero-order chi connectivity index (χ0) is 21.9. The van der Waals surface area contributed by atoms with Crippen LogP contribution in [-0.2, 0) is 30.5 Å². The fourth-order valence-corrected chi connectivity index (χ4v) is 3.25. The van der Waals surface area contributed by atoms with Crippen molar-refractivity contribution in [1.29, 1.82) is 0 Å². The molecule has 1 aromatic carbocycles. The molecular weight excluding hydrogens is 388 g/mol. The number of nitrogens with one attached hydrogen (secondary N) is 2. The number of hydrogen-bond donors (Lipinski definition) is 2. The maximum absolute atomic E-state index is 12.9. The van der Waals surface area contributed by atoms with Gasteiger partial charge in [-0.3, -0.25) is 14.4 Å². The van der Waals surface area contributed by atoms with Crippen molar-refractivity contribution < 1.29 is 28.7 Å². The summed E-state index contributed by atoms with van der Waals surface area (Å²) in [4.78, 5) is 49.5. The summed E-state index contributed by atoms with van der Waals surface area (Å²) in [5.74, 6) is -2.53. The number of alkyl carbamates (subject to hydrolysis) is 1. The Morgan fingerprint density at radius 3 is 2.63 bits per heavy atom. The molecule has 1 aromatic rings. The molecule has 2 unspecified atom stereocenters. The Bertz CT molecular complexity index is 734. The Labute approximate surface area is 176 Å². The molecule has 0 aliphatic carbocycles. The fourth-order valence-electron chi connectivity index (χ4n) is 3.25. The molecule has 0 radical (unpaired) electrons. The third-order valence-electron chi connectivity index (χ3n) is 4.92. The van der Waals surface area contributed by atoms with Crippen LogP contribution in [0.3, 0.4) is 0 Å². The highest BCUT2D eigenvalue weighted by Gasteiger charge is 2.32. The van der Waals surface area contributed by atoms with Gasteiger partial charge in [-0.2, -0.15) is 0 Å². The quantitative estimate of drug-likeness (QED) is 0.656. The maximum atomic E-state index is 12.9. The van der Waals surface area contributed by atoms with Gasteiger partial charge in [0.2, 0.25) is 5.78 Å². The number of benzene rings is 1. The van der Waals surface area contributed by atoms with Gasteiger partial charge in [0.15, 0.2) is 5.78 Å². The van der Waals surface area contributed by atoms with Gasteiger partial charge in [0, 0.05) is 25.5 Å². The van der Waals surface area contributed by atoms with Gasteiger partial charge >= 0.3 is 6.09 Å². The highest BCUT2D eigenvalue weighted by molar-refractivity contribution is 6.37. The zero-order valence-corrected chi connectivity index (χ0v) is 17.5. The van der Waals surface area contributed by atoms with Crippen LogP contribution in [0.2, 0.25) is 0 Å². The molecule has 1 aliphatic rings. The Hall–Kier alpha value is -2.74. The van der Waals surface area contributed by atoms with Crippen molar-refractivity contribution in [3.8, 4) is 0 Å². The second-order valence-corrected chi connectivity index (χ2v) is 7.67. The van der Waals surface area contributed by atoms with Crippen molar-refractivity contribution in [3.05, 3.63) is 35.9 Å². The number of ketones is 2. The molecule has 2 amide bonds. The van der Waals surface area contributed by atoms with E-state index < -0.39 is 29.7 Å². The third kappa shape index (κ3) is 7.59. The van der Waals surface area contributed by atoms with Crippen molar-refractivity contribution in [2.24, 2.45) is 11.8 Å². The summed E-state index contributed by atoms with van der Waals surface area (Å²) >= 11 is 0. The van der Waals surface area contributed by atoms with E-state index in [0.717, 1.165) is 5.56 Å². The topological polar surface area (TPSA) is 111 Å². The molecule has 8 heteroatoms. The van der Waals surface area contributed by atoms with Gasteiger partial charge < -0.3 is 20.1 Å². The van der Waals surface area contributed by atoms with Crippen LogP contribution in [0.5, 0.6) is 0 Å². The number of carbonyl (C=O) groups excluding carboxylic acids is 4. The lowest BCUT2D eigenvalue weighted by atomic mass is 9.87. The number of ether oxygens (including phenoxy) is 2. The average molecular weight is 418 g/mol. The summed E-state index contributed by atoms with van der Waals surface area (Å²) in [7, 11) is 0. The third-order valence-corrected chi connectivity index (χ3v) is 4.92. The van der Waals surface area contributed by atoms with Crippen LogP contribution in [-0.4, -0.2) is 49.4 Å². The first-order valence-electron chi connectivity index (χ1n) is 10.3. The SMILES string of the molecule is CC(C)C(NC(=O)OCc1ccccc1)C(=O)CC1CCCOCCNC(=O)C1=O. The molecule has 2 atom stereocenters. The van der Waals surface area contributed by atoms with E-state index in [1.165, 1.54) is 0 Å². The number of carbonyl (C=O) groups is 4. The van der Waals surface area contributed by atoms with E-state index in [4.69, 9.17) is 9.47 Å². The lowest BCUT2D eigenvalue weighted by Crippen LogP contribution is -2.46. The van der Waals surface area contributed by atoms with Crippen LogP contribution < -0.4 is 10.6 Å². The smallest absolute Gasteiger partial charge is 0.408 e. The summed E-state index contributed by atoms with van der Waals surface area (Å²) in [6.45, 7) is 4.77. The highest BCUT2D eigenvalue weighted by atomic mass is 16.5. The molecule has 1 heterocycles. The Morgan fingerprint density at radius 2 is 1.93 bits per heavy atom. The number of hydrogen-bond acceptors (Lipinski definition) is 6. The standard InChI is InChI=1S/C22H30N2O6/c1-15(2)19(24-22(28)30-14-16-7-4-3-5-8-16)18(25)13-17-9-6-11-29-12-10-23-21(27)20(17)26/h3-5,7-8,15,17,19H,6,9-14H2,1-2H3,(H,23,27)(H,24,28). The second-order valence-electron chi connectivity index (χ2n) is 7.67. The van der Waals surface area contributed by atoms with Gasteiger partial charge in [-0.15, -0.1) is 0 Å². The Kier molecular flexibility index (Phi) is 9.47. The number of Topliss-reactive ketones (excluding diaryl/α,β-unsaturated/α-hetero) is 2. The minimum Gasteiger partial charge on any atom is -0.445 e. The van der Waals surface area contributed by atoms with Gasteiger partial charge in [-0.25, -0.2) is 4.79 Å². The minimum absolute atomic E-state index is 0.0902. The van der Waals surface area contributed by atoms with Crippen molar-refractivity contribution >= 4 is 23.6 Å². The molecule has 1 aliphatic heterocycles. The van der Waals surface area contributed by atoms with E-state index in [2.05, 4.69) is 10.6 Å². The first-order chi connectivity index (χ1) is 14.4. The van der Waals surface area contributed by atoms with Crippen LogP contribution >= 0.6 is 0 Å². The molecule has 0 bridgehead atoms. The predicted molar refractivity (Wildman–Crippen MR) is 110 cm³/mol. The largest absolute Gasteiger partial charge is 0.445 e. The van der Waals surface area contributed by atoms with E-state index >= 15 is 0 Å². The zero-order valence-electron chi connectivity index (χ0n) is 17.5. The predicted octanol–water partition coefficient (Wildman–Crippen LogP) is 2.01. The van der Waals surface area contributed by atoms with Gasteiger partial charge in [-0.1, -0.05) is 44.2 Å². The van der Waals surface area contributed by atoms with Crippen molar-refractivity contribution in [2.75, 3.05) is 19.8 Å². The molecule has 1 saturated heterocycles. The maximum Gasteiger partial charge on any atom is 0.408 e. The molecular formula is C22H30N2O6. The van der Waals surface area contributed by atoms with Crippen LogP contribution in [0.4, 0.5) is 4.79 Å². The molecule has 30 heavy (non-hydrogen) atoms. The van der Waals surface area contributed by atoms with Gasteiger partial charge in [0.05, 0.1) is 12.6 Å². The summed E-state index contributed by atoms with van der Waals surface area (Å²) in [6, 6.07) is 8.40. The summed E-state index contributed by atoms with van der Waals surface area (Å²) in [5, 5.41) is 5.11. The lowest BCUT2D eigenvalue weighted by molar-refractivity contribution is -0.142. The van der Waals surface area contributed by atoms with E-state index in [1.807, 2.05) is 30.3 Å². The molecule has 0 saturated carbocycles. The Morgan fingerprint density at radius 1 is 1.20 bits per heavy atom. The van der Waals surface area contributed by atoms with E-state index in [0.29, 0.717) is 26.1 Å². The number of amides is 2. The van der Waals surface area contributed by atoms with E-state index in [-0.39, 0.29) is 31.3 Å². The van der Waals surface area contributed by atoms with E-state index in [9.17, 15) is 19.2 Å². The van der Waals surface area contributed by atoms with Crippen molar-refractivity contribution in [1.82, 2.24) is 10.6 Å². The molecule has 0 aromatic heterocycles. The first-order valence-corrected chi connectivity index (χ1v) is 10.3. The molecule has 2 rings (SSSR count). The summed E-state index contributed by atoms with van der Waals surface area (Å²) < 4.78 is 10.6. The molecule has 0 spiro atoms. The molecule has 164 valence electrons. The fraction of sp³-hybridized carbons (Fsp3) is 0.545. The van der Waals surface area contributed by atoms with Gasteiger partial charge in [0.25, 0.3) is 5.91 Å². The van der Waals surface area contributed by atoms with E-state index in [1.54, 1.807) is 13.8 Å². The van der Waals surface area contributed by atoms with Gasteiger partial charge in [0.1, 0.15) is 6.61 Å². The molecule has 1 fully saturated rings. The summed E-state index contributed by atoms with van der Waals surface area (Å²) in [6.07, 6.45) is 0.139. The number of rotatable bonds is 7. The van der Waals surface area contributed by atoms with Crippen LogP contribution in [0.15, 0.2) is 30.3 Å². The normalized spacial score (nSPS) is 19.0. The molecule has 8 nitrogen and oxygen atoms in total. The summed E-state index contributed by atoms with van der Waals surface area (Å²) in [5.41, 5.74) is 0.834. The second kappa shape index (κ2) is 12.1. The highest BCUT2D eigenvalue weighted by Crippen LogP contribution is 2.18. The van der Waals surface area contributed by atoms with Crippen LogP contribution in [0, 0.1) is 11.8 Å². The average Bonchev–Trinajstić information content (AvgIpc) is 2.73. The minimum atomic E-state index is -0.809. The molecule has 2 N–H and O–H groups in total. The van der Waals surface area contributed by atoms with Crippen molar-refractivity contribution in [3.63, 3.8) is 0 Å². The van der Waals surface area contributed by atoms with Gasteiger partial charge in [-0.05, 0) is 24.3 Å². The van der Waals surface area contributed by atoms with Crippen LogP contribution in [0.25, 0.3) is 0 Å². The monoisotopic (exact) mass is 418 g/mol. The van der Waals surface area contributed by atoms with Crippen molar-refractivity contribution in [2.45, 2.75) is 45.8 Å². The lowest BCUT2D eigenvalue weighted by Gasteiger charge is -2.23. The van der Waals surface area contributed by atoms with Crippen LogP contribution in [0.1, 0.15) is 38.7 Å². The first kappa shape index (κ1) is 23.5.